The Morgan fingerprint density at radius 2 is 2.33 bits per heavy atom. The first kappa shape index (κ1) is 11.8. The Morgan fingerprint density at radius 3 is 3.00 bits per heavy atom. The second-order valence-corrected chi connectivity index (χ2v) is 2.76. The van der Waals surface area contributed by atoms with Gasteiger partial charge in [-0.2, -0.15) is 4.98 Å². The fourth-order valence-electron chi connectivity index (χ4n) is 0.914. The summed E-state index contributed by atoms with van der Waals surface area (Å²) in [6, 6.07) is 0.335. The molecule has 1 heterocycles. The van der Waals surface area contributed by atoms with Crippen molar-refractivity contribution in [1.82, 2.24) is 10.1 Å². The third-order valence-electron chi connectivity index (χ3n) is 1.51. The Bertz CT molecular complexity index is 281. The average molecular weight is 221 g/mol. The predicted molar refractivity (Wildman–Crippen MR) is 49.0 cm³/mol. The van der Waals surface area contributed by atoms with Crippen molar-refractivity contribution in [3.8, 4) is 0 Å². The SMILES string of the molecule is CCNc1nc(CCOCC(F)F)no1. The number of anilines is 1. The van der Waals surface area contributed by atoms with E-state index in [0.29, 0.717) is 24.8 Å². The Kier molecular flexibility index (Phi) is 4.96. The number of nitrogens with zero attached hydrogens (tertiary/aromatic N) is 2. The number of nitrogens with one attached hydrogen (secondary N) is 1. The maximum atomic E-state index is 11.7. The maximum Gasteiger partial charge on any atom is 0.321 e. The van der Waals surface area contributed by atoms with Gasteiger partial charge in [-0.05, 0) is 6.92 Å². The summed E-state index contributed by atoms with van der Waals surface area (Å²) in [7, 11) is 0. The van der Waals surface area contributed by atoms with Crippen molar-refractivity contribution in [2.75, 3.05) is 25.1 Å². The lowest BCUT2D eigenvalue weighted by Crippen LogP contribution is -2.07. The number of hydrogen-bond acceptors (Lipinski definition) is 5. The van der Waals surface area contributed by atoms with E-state index in [2.05, 4.69) is 20.2 Å². The van der Waals surface area contributed by atoms with Gasteiger partial charge in [0.15, 0.2) is 5.82 Å². The van der Waals surface area contributed by atoms with E-state index in [4.69, 9.17) is 4.52 Å². The second-order valence-electron chi connectivity index (χ2n) is 2.76. The zero-order chi connectivity index (χ0) is 11.1. The Morgan fingerprint density at radius 1 is 1.53 bits per heavy atom. The molecule has 0 aliphatic rings. The molecule has 1 aromatic rings. The highest BCUT2D eigenvalue weighted by Gasteiger charge is 2.06. The minimum atomic E-state index is -2.44. The van der Waals surface area contributed by atoms with Gasteiger partial charge in [0.25, 0.3) is 6.43 Å². The van der Waals surface area contributed by atoms with Crippen molar-refractivity contribution in [3.63, 3.8) is 0 Å². The van der Waals surface area contributed by atoms with E-state index in [1.165, 1.54) is 0 Å². The number of rotatable bonds is 7. The highest BCUT2D eigenvalue weighted by Crippen LogP contribution is 2.03. The Balaban J connectivity index is 2.19. The summed E-state index contributed by atoms with van der Waals surface area (Å²) in [5.41, 5.74) is 0. The van der Waals surface area contributed by atoms with Gasteiger partial charge in [0.05, 0.1) is 6.61 Å². The molecule has 15 heavy (non-hydrogen) atoms. The molecule has 0 saturated heterocycles. The number of ether oxygens (including phenoxy) is 1. The molecule has 0 unspecified atom stereocenters. The van der Waals surface area contributed by atoms with Crippen molar-refractivity contribution in [2.45, 2.75) is 19.8 Å². The summed E-state index contributed by atoms with van der Waals surface area (Å²) >= 11 is 0. The standard InChI is InChI=1S/C8H13F2N3O2/c1-2-11-8-12-7(13-15-8)3-4-14-5-6(9)10/h6H,2-5H2,1H3,(H,11,12,13). The zero-order valence-electron chi connectivity index (χ0n) is 8.37. The van der Waals surface area contributed by atoms with Gasteiger partial charge in [-0.1, -0.05) is 5.16 Å². The van der Waals surface area contributed by atoms with Crippen LogP contribution in [0.4, 0.5) is 14.8 Å². The summed E-state index contributed by atoms with van der Waals surface area (Å²) in [4.78, 5) is 3.96. The lowest BCUT2D eigenvalue weighted by Gasteiger charge is -1.99. The minimum Gasteiger partial charge on any atom is -0.375 e. The van der Waals surface area contributed by atoms with E-state index >= 15 is 0 Å². The van der Waals surface area contributed by atoms with Gasteiger partial charge >= 0.3 is 6.01 Å². The molecule has 0 bridgehead atoms. The zero-order valence-corrected chi connectivity index (χ0v) is 8.37. The molecule has 0 aliphatic carbocycles. The van der Waals surface area contributed by atoms with Gasteiger partial charge in [0.1, 0.15) is 6.61 Å². The van der Waals surface area contributed by atoms with E-state index < -0.39 is 13.0 Å². The summed E-state index contributed by atoms with van der Waals surface area (Å²) in [5.74, 6) is 0.445. The van der Waals surface area contributed by atoms with Crippen LogP contribution < -0.4 is 5.32 Å². The molecule has 0 aliphatic heterocycles. The van der Waals surface area contributed by atoms with Crippen LogP contribution in [0, 0.1) is 0 Å². The third-order valence-corrected chi connectivity index (χ3v) is 1.51. The summed E-state index contributed by atoms with van der Waals surface area (Å²) in [5, 5.41) is 6.47. The number of alkyl halides is 2. The smallest absolute Gasteiger partial charge is 0.321 e. The van der Waals surface area contributed by atoms with Crippen LogP contribution in [0.5, 0.6) is 0 Å². The molecular weight excluding hydrogens is 208 g/mol. The van der Waals surface area contributed by atoms with Crippen LogP contribution in [0.15, 0.2) is 4.52 Å². The molecule has 5 nitrogen and oxygen atoms in total. The Labute approximate surface area is 85.8 Å². The fraction of sp³-hybridized carbons (Fsp3) is 0.750. The van der Waals surface area contributed by atoms with Crippen LogP contribution in [0.1, 0.15) is 12.7 Å². The van der Waals surface area contributed by atoms with Crippen molar-refractivity contribution >= 4 is 6.01 Å². The molecule has 0 aromatic carbocycles. The minimum absolute atomic E-state index is 0.162. The molecular formula is C8H13F2N3O2. The largest absolute Gasteiger partial charge is 0.375 e. The van der Waals surface area contributed by atoms with Gasteiger partial charge in [-0.25, -0.2) is 8.78 Å². The molecule has 86 valence electrons. The number of aromatic nitrogens is 2. The van der Waals surface area contributed by atoms with Gasteiger partial charge in [-0.3, -0.25) is 0 Å². The van der Waals surface area contributed by atoms with Crippen LogP contribution in [-0.2, 0) is 11.2 Å². The molecule has 0 fully saturated rings. The summed E-state index contributed by atoms with van der Waals surface area (Å²) < 4.78 is 32.8. The molecule has 1 N–H and O–H groups in total. The van der Waals surface area contributed by atoms with E-state index in [9.17, 15) is 8.78 Å². The molecule has 0 radical (unpaired) electrons. The average Bonchev–Trinajstić information content (AvgIpc) is 2.61. The van der Waals surface area contributed by atoms with Crippen molar-refractivity contribution < 1.29 is 18.0 Å². The molecule has 1 aromatic heterocycles. The lowest BCUT2D eigenvalue weighted by molar-refractivity contribution is 0.0182. The monoisotopic (exact) mass is 221 g/mol. The van der Waals surface area contributed by atoms with E-state index in [1.807, 2.05) is 6.92 Å². The highest BCUT2D eigenvalue weighted by molar-refractivity contribution is 5.17. The topological polar surface area (TPSA) is 60.2 Å². The second kappa shape index (κ2) is 6.28. The first-order valence-corrected chi connectivity index (χ1v) is 4.64. The molecule has 7 heteroatoms. The Hall–Kier alpha value is -1.24. The molecule has 0 saturated carbocycles. The molecule has 0 spiro atoms. The summed E-state index contributed by atoms with van der Waals surface area (Å²) in [6.07, 6.45) is -2.07. The van der Waals surface area contributed by atoms with E-state index in [0.717, 1.165) is 0 Å². The maximum absolute atomic E-state index is 11.7. The first-order chi connectivity index (χ1) is 7.22. The fourth-order valence-corrected chi connectivity index (χ4v) is 0.914. The lowest BCUT2D eigenvalue weighted by atomic mass is 10.4. The van der Waals surface area contributed by atoms with E-state index in [1.54, 1.807) is 0 Å². The molecule has 0 atom stereocenters. The van der Waals surface area contributed by atoms with E-state index in [-0.39, 0.29) is 6.61 Å². The van der Waals surface area contributed by atoms with Crippen molar-refractivity contribution in [2.24, 2.45) is 0 Å². The number of hydrogen-bond donors (Lipinski definition) is 1. The van der Waals surface area contributed by atoms with Gasteiger partial charge < -0.3 is 14.6 Å². The predicted octanol–water partition coefficient (Wildman–Crippen LogP) is 1.33. The van der Waals surface area contributed by atoms with Gasteiger partial charge in [0, 0.05) is 13.0 Å². The van der Waals surface area contributed by atoms with Crippen LogP contribution in [0.3, 0.4) is 0 Å². The third kappa shape index (κ3) is 4.68. The molecule has 1 rings (SSSR count). The number of halogens is 2. The van der Waals surface area contributed by atoms with Crippen LogP contribution in [-0.4, -0.2) is 36.3 Å². The van der Waals surface area contributed by atoms with Gasteiger partial charge in [-0.15, -0.1) is 0 Å². The highest BCUT2D eigenvalue weighted by atomic mass is 19.3. The van der Waals surface area contributed by atoms with Crippen LogP contribution in [0.2, 0.25) is 0 Å². The van der Waals surface area contributed by atoms with Crippen molar-refractivity contribution in [1.29, 1.82) is 0 Å². The van der Waals surface area contributed by atoms with Crippen LogP contribution >= 0.6 is 0 Å². The normalized spacial score (nSPS) is 10.9. The van der Waals surface area contributed by atoms with Crippen molar-refractivity contribution in [3.05, 3.63) is 5.82 Å². The summed E-state index contributed by atoms with van der Waals surface area (Å²) in [6.45, 7) is 2.19. The molecule has 0 amide bonds. The first-order valence-electron chi connectivity index (χ1n) is 4.64. The quantitative estimate of drug-likeness (QED) is 0.704. The van der Waals surface area contributed by atoms with Gasteiger partial charge in [0.2, 0.25) is 0 Å². The van der Waals surface area contributed by atoms with Crippen LogP contribution in [0.25, 0.3) is 0 Å².